The van der Waals surface area contributed by atoms with E-state index in [0.29, 0.717) is 27.6 Å². The van der Waals surface area contributed by atoms with E-state index in [1.54, 1.807) is 36.4 Å². The summed E-state index contributed by atoms with van der Waals surface area (Å²) in [5.74, 6) is -15.9. The van der Waals surface area contributed by atoms with Crippen LogP contribution < -0.4 is 4.74 Å². The summed E-state index contributed by atoms with van der Waals surface area (Å²) in [6.45, 7) is 0. The van der Waals surface area contributed by atoms with Crippen LogP contribution in [0.5, 0.6) is 5.75 Å². The lowest BCUT2D eigenvalue weighted by Gasteiger charge is -2.41. The number of rotatable bonds is 13. The number of ether oxygens (including phenoxy) is 3. The minimum Gasteiger partial charge on any atom is -0.497 e. The number of halogens is 9. The third-order valence-electron chi connectivity index (χ3n) is 8.34. The Morgan fingerprint density at radius 2 is 0.981 bits per heavy atom. The van der Waals surface area contributed by atoms with Crippen LogP contribution in [0.3, 0.4) is 0 Å². The van der Waals surface area contributed by atoms with Gasteiger partial charge in [-0.15, -0.1) is 0 Å². The smallest absolute Gasteiger partial charge is 0.460 e. The van der Waals surface area contributed by atoms with E-state index in [0.717, 1.165) is 0 Å². The second-order valence-electron chi connectivity index (χ2n) is 11.3. The summed E-state index contributed by atoms with van der Waals surface area (Å²) < 4.78 is 175. The Morgan fingerprint density at radius 3 is 1.45 bits per heavy atom. The third-order valence-corrected chi connectivity index (χ3v) is 13.5. The summed E-state index contributed by atoms with van der Waals surface area (Å²) >= 11 is 0. The Bertz CT molecular complexity index is 2120. The van der Waals surface area contributed by atoms with Gasteiger partial charge in [-0.1, -0.05) is 54.6 Å². The molecule has 0 N–H and O–H groups in total. The van der Waals surface area contributed by atoms with Crippen molar-refractivity contribution in [3.8, 4) is 5.75 Å². The minimum atomic E-state index is -7.51. The first kappa shape index (κ1) is 39.9. The predicted octanol–water partition coefficient (Wildman–Crippen LogP) is 10.3. The summed E-state index contributed by atoms with van der Waals surface area (Å²) in [5, 5.41) is -6.35. The SMILES string of the molecule is COc1ccc(C(OC)(OC)c2ccc3cc(S(OS(=O)(=O)C(F)(F)C(F)(F)C(F)(F)C(F)(F)F)(c4ccccc4)c4ccccc4)ccc3c2)cc1. The Morgan fingerprint density at radius 1 is 0.509 bits per heavy atom. The lowest BCUT2D eigenvalue weighted by atomic mass is 9.94. The van der Waals surface area contributed by atoms with Gasteiger partial charge in [0.15, 0.2) is 0 Å². The van der Waals surface area contributed by atoms with Crippen molar-refractivity contribution in [1.82, 2.24) is 0 Å². The van der Waals surface area contributed by atoms with Crippen LogP contribution in [0.25, 0.3) is 10.8 Å². The van der Waals surface area contributed by atoms with Crippen LogP contribution in [-0.4, -0.2) is 53.0 Å². The standard InChI is InChI=1S/C36H29F9O6S2/c1-48-28-19-17-26(18-20-28)32(49-2,50-3)27-16-14-25-23-31(21-15-24(25)22-27)52(29-10-6-4-7-11-29,30-12-8-5-9-13-30)51-53(46,47)36(44,45)34(39,40)33(37,38)35(41,42)43/h4-23H,1-3H3. The van der Waals surface area contributed by atoms with E-state index >= 15 is 8.78 Å². The molecule has 0 heterocycles. The molecular weight excluding hydrogens is 764 g/mol. The fourth-order valence-electron chi connectivity index (χ4n) is 5.58. The van der Waals surface area contributed by atoms with Crippen molar-refractivity contribution < 1.29 is 65.8 Å². The first-order valence-electron chi connectivity index (χ1n) is 15.1. The van der Waals surface area contributed by atoms with E-state index < -0.39 is 49.5 Å². The van der Waals surface area contributed by atoms with Crippen LogP contribution >= 0.6 is 10.3 Å². The van der Waals surface area contributed by atoms with E-state index in [1.165, 1.54) is 106 Å². The van der Waals surface area contributed by atoms with Gasteiger partial charge < -0.3 is 14.2 Å². The first-order chi connectivity index (χ1) is 24.8. The van der Waals surface area contributed by atoms with Crippen molar-refractivity contribution in [2.24, 2.45) is 0 Å². The summed E-state index contributed by atoms with van der Waals surface area (Å²) in [7, 11) is -7.25. The molecule has 17 heteroatoms. The number of fused-ring (bicyclic) bond motifs is 1. The van der Waals surface area contributed by atoms with Crippen molar-refractivity contribution in [2.45, 2.75) is 43.7 Å². The zero-order chi connectivity index (χ0) is 39.1. The van der Waals surface area contributed by atoms with Crippen LogP contribution in [0.1, 0.15) is 11.1 Å². The first-order valence-corrected chi connectivity index (χ1v) is 18.1. The van der Waals surface area contributed by atoms with Crippen LogP contribution in [0.15, 0.2) is 136 Å². The van der Waals surface area contributed by atoms with Crippen molar-refractivity contribution in [2.75, 3.05) is 21.3 Å². The normalized spacial score (nSPS) is 14.0. The van der Waals surface area contributed by atoms with Crippen molar-refractivity contribution in [3.63, 3.8) is 0 Å². The maximum absolute atomic E-state index is 15.3. The van der Waals surface area contributed by atoms with Gasteiger partial charge in [0.25, 0.3) is 0 Å². The van der Waals surface area contributed by atoms with Crippen LogP contribution in [0, 0.1) is 0 Å². The summed E-state index contributed by atoms with van der Waals surface area (Å²) in [4.78, 5) is -0.630. The molecule has 0 amide bonds. The highest BCUT2D eigenvalue weighted by molar-refractivity contribution is 8.33. The summed E-state index contributed by atoms with van der Waals surface area (Å²) in [6, 6.07) is 28.6. The van der Waals surface area contributed by atoms with Crippen molar-refractivity contribution >= 4 is 31.2 Å². The number of alkyl halides is 9. The average Bonchev–Trinajstić information content (AvgIpc) is 3.14. The Hall–Kier alpha value is -4.29. The van der Waals surface area contributed by atoms with Gasteiger partial charge >= 0.3 is 33.4 Å². The second kappa shape index (κ2) is 14.2. The minimum absolute atomic E-state index is 0.204. The van der Waals surface area contributed by atoms with Crippen LogP contribution in [0.4, 0.5) is 39.5 Å². The molecule has 284 valence electrons. The quantitative estimate of drug-likeness (QED) is 0.0874. The van der Waals surface area contributed by atoms with Crippen molar-refractivity contribution in [1.29, 1.82) is 0 Å². The number of benzene rings is 5. The van der Waals surface area contributed by atoms with Crippen molar-refractivity contribution in [3.05, 3.63) is 132 Å². The van der Waals surface area contributed by atoms with Gasteiger partial charge in [-0.3, -0.25) is 0 Å². The molecule has 0 aliphatic rings. The Balaban J connectivity index is 1.74. The van der Waals surface area contributed by atoms with Crippen LogP contribution in [-0.2, 0) is 29.0 Å². The van der Waals surface area contributed by atoms with E-state index in [-0.39, 0.29) is 14.7 Å². The molecule has 0 aliphatic heterocycles. The lowest BCUT2D eigenvalue weighted by Crippen LogP contribution is -2.63. The zero-order valence-electron chi connectivity index (χ0n) is 27.7. The molecule has 0 aromatic heterocycles. The van der Waals surface area contributed by atoms with Gasteiger partial charge in [-0.25, -0.2) is 3.63 Å². The Kier molecular flexibility index (Phi) is 10.7. The molecule has 5 rings (SSSR count). The van der Waals surface area contributed by atoms with E-state index in [9.17, 15) is 39.2 Å². The lowest BCUT2D eigenvalue weighted by molar-refractivity contribution is -0.382. The molecule has 0 atom stereocenters. The Labute approximate surface area is 299 Å². The number of hydrogen-bond donors (Lipinski definition) is 0. The van der Waals surface area contributed by atoms with E-state index in [1.807, 2.05) is 0 Å². The number of hydrogen-bond acceptors (Lipinski definition) is 6. The molecule has 0 aliphatic carbocycles. The highest BCUT2D eigenvalue weighted by atomic mass is 32.3. The highest BCUT2D eigenvalue weighted by Gasteiger charge is 2.86. The van der Waals surface area contributed by atoms with E-state index in [2.05, 4.69) is 0 Å². The topological polar surface area (TPSA) is 71.1 Å². The molecule has 0 fully saturated rings. The molecule has 0 unspecified atom stereocenters. The molecule has 0 saturated carbocycles. The van der Waals surface area contributed by atoms with Gasteiger partial charge in [-0.2, -0.15) is 47.9 Å². The summed E-state index contributed by atoms with van der Waals surface area (Å²) in [6.07, 6.45) is -7.26. The van der Waals surface area contributed by atoms with Gasteiger partial charge in [0, 0.05) is 40.0 Å². The zero-order valence-corrected chi connectivity index (χ0v) is 29.3. The van der Waals surface area contributed by atoms with Gasteiger partial charge in [0.2, 0.25) is 5.79 Å². The average molecular weight is 793 g/mol. The van der Waals surface area contributed by atoms with Gasteiger partial charge in [0.1, 0.15) is 5.75 Å². The molecule has 5 aromatic rings. The van der Waals surface area contributed by atoms with Gasteiger partial charge in [0.05, 0.1) is 7.11 Å². The molecule has 6 nitrogen and oxygen atoms in total. The van der Waals surface area contributed by atoms with Crippen LogP contribution in [0.2, 0.25) is 0 Å². The second-order valence-corrected chi connectivity index (χ2v) is 15.8. The maximum atomic E-state index is 15.3. The predicted molar refractivity (Wildman–Crippen MR) is 178 cm³/mol. The molecule has 5 aromatic carbocycles. The molecule has 0 spiro atoms. The monoisotopic (exact) mass is 792 g/mol. The molecule has 0 bridgehead atoms. The van der Waals surface area contributed by atoms with Gasteiger partial charge in [-0.05, 0) is 87.8 Å². The molecular formula is C36H29F9O6S2. The highest BCUT2D eigenvalue weighted by Crippen LogP contribution is 2.71. The maximum Gasteiger partial charge on any atom is 0.460 e. The molecule has 0 saturated heterocycles. The molecule has 0 radical (unpaired) electrons. The fourth-order valence-corrected chi connectivity index (χ4v) is 10.8. The van der Waals surface area contributed by atoms with E-state index in [4.69, 9.17) is 17.8 Å². The summed E-state index contributed by atoms with van der Waals surface area (Å²) in [5.41, 5.74) is 1.02. The molecule has 53 heavy (non-hydrogen) atoms. The number of methoxy groups -OCH3 is 3. The largest absolute Gasteiger partial charge is 0.497 e. The fraction of sp³-hybridized carbons (Fsp3) is 0.222. The third kappa shape index (κ3) is 6.51.